The lowest BCUT2D eigenvalue weighted by atomic mass is 9.91. The Hall–Kier alpha value is -4.04. The number of urea groups is 1. The number of amides is 3. The minimum atomic E-state index is -0.623. The van der Waals surface area contributed by atoms with Crippen LogP contribution in [-0.2, 0) is 4.74 Å². The Bertz CT molecular complexity index is 1400. The summed E-state index contributed by atoms with van der Waals surface area (Å²) in [7, 11) is 0. The van der Waals surface area contributed by atoms with Crippen LogP contribution in [-0.4, -0.2) is 93.9 Å². The number of rotatable bonds is 10. The van der Waals surface area contributed by atoms with Crippen LogP contribution in [0.25, 0.3) is 5.65 Å². The van der Waals surface area contributed by atoms with Gasteiger partial charge in [0.2, 0.25) is 0 Å². The smallest absolute Gasteiger partial charge is 0.315 e. The van der Waals surface area contributed by atoms with Crippen LogP contribution in [0.4, 0.5) is 26.4 Å². The zero-order valence-corrected chi connectivity index (χ0v) is 23.4. The Morgan fingerprint density at radius 1 is 0.976 bits per heavy atom. The summed E-state index contributed by atoms with van der Waals surface area (Å²) < 4.78 is 21.0. The standard InChI is InChI=1S/C28H37FN10O3/c29-21-16-30-8-7-22(21)36-27(40)24-17-32-26-23(33-18-1-2-18)15-25(37-39(24)26)34-19-3-5-20(6-4-19)35-28(41)31-9-10-38-11-13-42-14-12-38/h7-8,15-20,33H,1-6,9-14H2,(H,34,37)(H,30,36,40)(H2,31,35,41)/t19-,20-. The Morgan fingerprint density at radius 3 is 2.48 bits per heavy atom. The van der Waals surface area contributed by atoms with Gasteiger partial charge in [-0.15, -0.1) is 5.10 Å². The van der Waals surface area contributed by atoms with E-state index in [0.29, 0.717) is 24.1 Å². The summed E-state index contributed by atoms with van der Waals surface area (Å²) in [5, 5.41) is 20.4. The Morgan fingerprint density at radius 2 is 1.71 bits per heavy atom. The Balaban J connectivity index is 1.06. The molecule has 3 amide bonds. The van der Waals surface area contributed by atoms with E-state index in [1.54, 1.807) is 0 Å². The van der Waals surface area contributed by atoms with Crippen molar-refractivity contribution in [3.63, 3.8) is 0 Å². The molecule has 2 aliphatic carbocycles. The van der Waals surface area contributed by atoms with Gasteiger partial charge < -0.3 is 31.3 Å². The normalized spacial score (nSPS) is 21.1. The number of aromatic nitrogens is 4. The summed E-state index contributed by atoms with van der Waals surface area (Å²) in [6, 6.07) is 3.85. The van der Waals surface area contributed by atoms with E-state index in [1.165, 1.54) is 23.0 Å². The molecule has 6 rings (SSSR count). The predicted molar refractivity (Wildman–Crippen MR) is 155 cm³/mol. The van der Waals surface area contributed by atoms with E-state index in [4.69, 9.17) is 4.74 Å². The number of morpholine rings is 1. The maximum Gasteiger partial charge on any atom is 0.315 e. The van der Waals surface area contributed by atoms with E-state index >= 15 is 0 Å². The van der Waals surface area contributed by atoms with Gasteiger partial charge in [-0.2, -0.15) is 0 Å². The summed E-state index contributed by atoms with van der Waals surface area (Å²) in [6.07, 6.45) is 9.47. The maximum atomic E-state index is 14.1. The van der Waals surface area contributed by atoms with E-state index in [1.807, 2.05) is 6.07 Å². The Kier molecular flexibility index (Phi) is 8.60. The summed E-state index contributed by atoms with van der Waals surface area (Å²) in [4.78, 5) is 35.9. The average Bonchev–Trinajstić information content (AvgIpc) is 3.71. The molecule has 1 saturated heterocycles. The van der Waals surface area contributed by atoms with Crippen LogP contribution in [0.2, 0.25) is 0 Å². The van der Waals surface area contributed by atoms with Crippen molar-refractivity contribution >= 4 is 34.8 Å². The van der Waals surface area contributed by atoms with Crippen LogP contribution in [0.5, 0.6) is 0 Å². The van der Waals surface area contributed by atoms with Crippen molar-refractivity contribution in [2.24, 2.45) is 0 Å². The monoisotopic (exact) mass is 580 g/mol. The van der Waals surface area contributed by atoms with Crippen LogP contribution in [0.15, 0.2) is 30.7 Å². The molecule has 5 N–H and O–H groups in total. The summed E-state index contributed by atoms with van der Waals surface area (Å²) in [5.41, 5.74) is 1.54. The molecule has 0 bridgehead atoms. The molecule has 3 aliphatic rings. The first-order valence-corrected chi connectivity index (χ1v) is 14.7. The lowest BCUT2D eigenvalue weighted by Gasteiger charge is -2.30. The zero-order valence-electron chi connectivity index (χ0n) is 23.4. The molecule has 14 heteroatoms. The Labute approximate surface area is 243 Å². The number of fused-ring (bicyclic) bond motifs is 1. The van der Waals surface area contributed by atoms with Gasteiger partial charge in [-0.25, -0.2) is 18.7 Å². The van der Waals surface area contributed by atoms with E-state index < -0.39 is 11.7 Å². The SMILES string of the molecule is O=C(NCCN1CCOCC1)N[C@H]1CC[C@H](Nc2cc(NC3CC3)c3ncc(C(=O)Nc4ccncc4F)n3n2)CC1. The molecule has 0 radical (unpaired) electrons. The number of hydrogen-bond donors (Lipinski definition) is 5. The molecule has 1 aliphatic heterocycles. The largest absolute Gasteiger partial charge is 0.379 e. The average molecular weight is 581 g/mol. The predicted octanol–water partition coefficient (Wildman–Crippen LogP) is 2.44. The topological polar surface area (TPSA) is 150 Å². The molecule has 224 valence electrons. The molecule has 0 spiro atoms. The van der Waals surface area contributed by atoms with Crippen molar-refractivity contribution in [1.82, 2.24) is 35.1 Å². The van der Waals surface area contributed by atoms with Gasteiger partial charge in [0.15, 0.2) is 17.2 Å². The number of carbonyl (C=O) groups excluding carboxylic acids is 2. The molecule has 0 aromatic carbocycles. The van der Waals surface area contributed by atoms with Crippen molar-refractivity contribution in [2.45, 2.75) is 56.7 Å². The highest BCUT2D eigenvalue weighted by Crippen LogP contribution is 2.30. The third-order valence-corrected chi connectivity index (χ3v) is 7.89. The summed E-state index contributed by atoms with van der Waals surface area (Å²) >= 11 is 0. The number of ether oxygens (including phenoxy) is 1. The number of pyridine rings is 1. The molecule has 3 aromatic heterocycles. The first-order chi connectivity index (χ1) is 20.5. The van der Waals surface area contributed by atoms with Gasteiger partial charge in [-0.3, -0.25) is 14.7 Å². The lowest BCUT2D eigenvalue weighted by Crippen LogP contribution is -2.47. The second kappa shape index (κ2) is 12.9. The highest BCUT2D eigenvalue weighted by molar-refractivity contribution is 6.03. The van der Waals surface area contributed by atoms with Gasteiger partial charge in [0.25, 0.3) is 5.91 Å². The van der Waals surface area contributed by atoms with Gasteiger partial charge in [0.1, 0.15) is 5.82 Å². The second-order valence-electron chi connectivity index (χ2n) is 11.1. The number of nitrogens with zero attached hydrogens (tertiary/aromatic N) is 5. The van der Waals surface area contributed by atoms with Crippen LogP contribution in [0, 0.1) is 5.82 Å². The summed E-state index contributed by atoms with van der Waals surface area (Å²) in [5.74, 6) is -0.531. The maximum absolute atomic E-state index is 14.1. The molecule has 42 heavy (non-hydrogen) atoms. The molecule has 4 heterocycles. The molecule has 3 aromatic rings. The fourth-order valence-electron chi connectivity index (χ4n) is 5.39. The minimum Gasteiger partial charge on any atom is -0.379 e. The highest BCUT2D eigenvalue weighted by atomic mass is 19.1. The van der Waals surface area contributed by atoms with Crippen LogP contribution >= 0.6 is 0 Å². The minimum absolute atomic E-state index is 0.0340. The number of imidazole rings is 1. The zero-order chi connectivity index (χ0) is 28.9. The third-order valence-electron chi connectivity index (χ3n) is 7.89. The van der Waals surface area contributed by atoms with Crippen molar-refractivity contribution in [3.8, 4) is 0 Å². The molecule has 0 atom stereocenters. The van der Waals surface area contributed by atoms with E-state index in [-0.39, 0.29) is 29.5 Å². The molecule has 13 nitrogen and oxygen atoms in total. The molecular formula is C28H37FN10O3. The number of hydrogen-bond acceptors (Lipinski definition) is 9. The fourth-order valence-corrected chi connectivity index (χ4v) is 5.39. The highest BCUT2D eigenvalue weighted by Gasteiger charge is 2.26. The fraction of sp³-hybridized carbons (Fsp3) is 0.536. The van der Waals surface area contributed by atoms with Gasteiger partial charge >= 0.3 is 6.03 Å². The number of nitrogens with one attached hydrogen (secondary N) is 5. The first-order valence-electron chi connectivity index (χ1n) is 14.7. The van der Waals surface area contributed by atoms with Crippen LogP contribution in [0.3, 0.4) is 0 Å². The summed E-state index contributed by atoms with van der Waals surface area (Å²) in [6.45, 7) is 4.74. The molecular weight excluding hydrogens is 543 g/mol. The third kappa shape index (κ3) is 7.05. The van der Waals surface area contributed by atoms with Crippen LogP contribution in [0.1, 0.15) is 49.0 Å². The van der Waals surface area contributed by atoms with Crippen molar-refractivity contribution in [3.05, 3.63) is 42.2 Å². The molecule has 2 saturated carbocycles. The quantitative estimate of drug-likeness (QED) is 0.244. The van der Waals surface area contributed by atoms with E-state index in [9.17, 15) is 14.0 Å². The number of halogens is 1. The van der Waals surface area contributed by atoms with Crippen molar-refractivity contribution in [1.29, 1.82) is 0 Å². The molecule has 0 unspecified atom stereocenters. The van der Waals surface area contributed by atoms with Crippen LogP contribution < -0.4 is 26.6 Å². The molecule has 3 fully saturated rings. The van der Waals surface area contributed by atoms with Crippen molar-refractivity contribution in [2.75, 3.05) is 55.3 Å². The first kappa shape index (κ1) is 28.1. The number of anilines is 3. The van der Waals surface area contributed by atoms with Gasteiger partial charge in [-0.1, -0.05) is 0 Å². The lowest BCUT2D eigenvalue weighted by molar-refractivity contribution is 0.0387. The number of carbonyl (C=O) groups is 2. The van der Waals surface area contributed by atoms with Gasteiger partial charge in [0.05, 0.1) is 37.0 Å². The van der Waals surface area contributed by atoms with E-state index in [0.717, 1.165) is 83.3 Å². The van der Waals surface area contributed by atoms with Crippen molar-refractivity contribution < 1.29 is 18.7 Å². The van der Waals surface area contributed by atoms with Gasteiger partial charge in [0, 0.05) is 56.6 Å². The van der Waals surface area contributed by atoms with Gasteiger partial charge in [-0.05, 0) is 44.6 Å². The second-order valence-corrected chi connectivity index (χ2v) is 11.1. The van der Waals surface area contributed by atoms with E-state index in [2.05, 4.69) is 46.6 Å².